The van der Waals surface area contributed by atoms with Crippen LogP contribution in [-0.4, -0.2) is 24.9 Å². The van der Waals surface area contributed by atoms with Crippen molar-refractivity contribution < 1.29 is 19.4 Å². The van der Waals surface area contributed by atoms with E-state index in [1.165, 1.54) is 7.11 Å². The fraction of sp³-hybridized carbons (Fsp3) is 0.462. The number of rotatable bonds is 2. The first-order chi connectivity index (χ1) is 8.85. The molecule has 1 heterocycles. The summed E-state index contributed by atoms with van der Waals surface area (Å²) in [4.78, 5) is 11.4. The van der Waals surface area contributed by atoms with Crippen molar-refractivity contribution in [1.82, 2.24) is 5.32 Å². The summed E-state index contributed by atoms with van der Waals surface area (Å²) in [7, 11) is 1.49. The third-order valence-electron chi connectivity index (χ3n) is 3.22. The molecule has 1 atom stereocenters. The zero-order chi connectivity index (χ0) is 14.2. The summed E-state index contributed by atoms with van der Waals surface area (Å²) in [6.07, 6.45) is -0.484. The molecule has 1 saturated heterocycles. The van der Waals surface area contributed by atoms with Crippen molar-refractivity contribution >= 4 is 34.4 Å². The van der Waals surface area contributed by atoms with Gasteiger partial charge in [-0.05, 0) is 12.1 Å². The second kappa shape index (κ2) is 6.10. The van der Waals surface area contributed by atoms with Crippen molar-refractivity contribution in [3.63, 3.8) is 0 Å². The summed E-state index contributed by atoms with van der Waals surface area (Å²) in [5.41, 5.74) is 0.268. The molecule has 20 heavy (non-hydrogen) atoms. The van der Waals surface area contributed by atoms with Crippen molar-refractivity contribution in [2.45, 2.75) is 19.9 Å². The molecule has 0 saturated carbocycles. The number of methoxy groups -OCH3 is 1. The van der Waals surface area contributed by atoms with Gasteiger partial charge in [0.05, 0.1) is 13.2 Å². The molecule has 0 unspecified atom stereocenters. The minimum Gasteiger partial charge on any atom is -0.504 e. The first kappa shape index (κ1) is 16.9. The molecule has 0 radical (unpaired) electrons. The van der Waals surface area contributed by atoms with E-state index in [-0.39, 0.29) is 36.2 Å². The maximum atomic E-state index is 11.4. The quantitative estimate of drug-likeness (QED) is 0.842. The number of amides is 1. The van der Waals surface area contributed by atoms with Crippen LogP contribution in [0.3, 0.4) is 0 Å². The van der Waals surface area contributed by atoms with Crippen molar-refractivity contribution in [2.75, 3.05) is 13.7 Å². The van der Waals surface area contributed by atoms with Crippen LogP contribution in [0.2, 0.25) is 0 Å². The van der Waals surface area contributed by atoms with Crippen LogP contribution >= 0.6 is 28.3 Å². The number of alkyl carbamates (subject to hydrolysis) is 1. The van der Waals surface area contributed by atoms with Crippen LogP contribution in [0, 0.1) is 5.41 Å². The smallest absolute Gasteiger partial charge is 0.407 e. The summed E-state index contributed by atoms with van der Waals surface area (Å²) in [6.45, 7) is 4.21. The molecule has 0 bridgehead atoms. The van der Waals surface area contributed by atoms with Gasteiger partial charge in [0.15, 0.2) is 11.5 Å². The van der Waals surface area contributed by atoms with E-state index >= 15 is 0 Å². The van der Waals surface area contributed by atoms with Gasteiger partial charge in [0.1, 0.15) is 6.61 Å². The molecule has 1 fully saturated rings. The Hall–Kier alpha value is -1.14. The molecule has 1 aliphatic rings. The van der Waals surface area contributed by atoms with Gasteiger partial charge in [0.25, 0.3) is 0 Å². The van der Waals surface area contributed by atoms with Gasteiger partial charge >= 0.3 is 6.09 Å². The zero-order valence-electron chi connectivity index (χ0n) is 11.4. The first-order valence-electron chi connectivity index (χ1n) is 5.85. The highest BCUT2D eigenvalue weighted by Crippen LogP contribution is 2.44. The number of benzene rings is 1. The highest BCUT2D eigenvalue weighted by Gasteiger charge is 2.39. The van der Waals surface area contributed by atoms with Crippen molar-refractivity contribution in [3.05, 3.63) is 22.2 Å². The molecule has 112 valence electrons. The van der Waals surface area contributed by atoms with Gasteiger partial charge in [-0.3, -0.25) is 0 Å². The summed E-state index contributed by atoms with van der Waals surface area (Å²) in [6, 6.07) is 3.10. The number of halogens is 2. The van der Waals surface area contributed by atoms with Crippen molar-refractivity contribution in [2.24, 2.45) is 5.41 Å². The van der Waals surface area contributed by atoms with Crippen molar-refractivity contribution in [1.29, 1.82) is 0 Å². The number of phenols is 1. The number of ether oxygens (including phenoxy) is 2. The summed E-state index contributed by atoms with van der Waals surface area (Å²) in [5, 5.41) is 13.0. The number of phenolic OH excluding ortho intramolecular Hbond substituents is 1. The third-order valence-corrected chi connectivity index (χ3v) is 3.68. The average molecular weight is 367 g/mol. The molecule has 2 N–H and O–H groups in total. The average Bonchev–Trinajstić information content (AvgIpc) is 2.35. The third kappa shape index (κ3) is 3.12. The monoisotopic (exact) mass is 365 g/mol. The van der Waals surface area contributed by atoms with Crippen LogP contribution in [0.1, 0.15) is 25.5 Å². The van der Waals surface area contributed by atoms with Gasteiger partial charge in [-0.15, -0.1) is 12.4 Å². The Bertz CT molecular complexity index is 521. The first-order valence-corrected chi connectivity index (χ1v) is 6.64. The number of carbonyl (C=O) groups excluding carboxylic acids is 1. The highest BCUT2D eigenvalue weighted by atomic mass is 79.9. The van der Waals surface area contributed by atoms with E-state index < -0.39 is 6.09 Å². The molecule has 1 aliphatic heterocycles. The summed E-state index contributed by atoms with van der Waals surface area (Å²) >= 11 is 3.37. The molecule has 5 nitrogen and oxygen atoms in total. The van der Waals surface area contributed by atoms with E-state index in [2.05, 4.69) is 21.2 Å². The van der Waals surface area contributed by atoms with Crippen LogP contribution in [0.4, 0.5) is 4.79 Å². The molecule has 1 aromatic carbocycles. The van der Waals surface area contributed by atoms with Crippen LogP contribution < -0.4 is 10.1 Å². The molecule has 0 aromatic heterocycles. The molecule has 1 aromatic rings. The Morgan fingerprint density at radius 3 is 2.75 bits per heavy atom. The van der Waals surface area contributed by atoms with E-state index in [1.807, 2.05) is 13.8 Å². The Morgan fingerprint density at radius 2 is 2.15 bits per heavy atom. The van der Waals surface area contributed by atoms with E-state index in [0.29, 0.717) is 11.3 Å². The van der Waals surface area contributed by atoms with E-state index in [1.54, 1.807) is 12.1 Å². The Balaban J connectivity index is 0.00000200. The predicted molar refractivity (Wildman–Crippen MR) is 80.6 cm³/mol. The lowest BCUT2D eigenvalue weighted by atomic mass is 9.80. The molecular weight excluding hydrogens is 350 g/mol. The molecule has 1 amide bonds. The largest absolute Gasteiger partial charge is 0.504 e. The Kier molecular flexibility index (Phi) is 5.15. The SMILES string of the molecule is COc1cc(Br)cc([C@@H]2NC(=O)OCC2(C)C)c1O.Cl. The van der Waals surface area contributed by atoms with E-state index in [4.69, 9.17) is 9.47 Å². The lowest BCUT2D eigenvalue weighted by Crippen LogP contribution is -2.46. The van der Waals surface area contributed by atoms with E-state index in [9.17, 15) is 9.90 Å². The predicted octanol–water partition coefficient (Wildman–Crippen LogP) is 3.39. The Labute approximate surface area is 132 Å². The molecule has 7 heteroatoms. The van der Waals surface area contributed by atoms with Crippen LogP contribution in [0.5, 0.6) is 11.5 Å². The molecular formula is C13H17BrClNO4. The number of hydrogen-bond donors (Lipinski definition) is 2. The number of hydrogen-bond acceptors (Lipinski definition) is 4. The Morgan fingerprint density at radius 1 is 1.50 bits per heavy atom. The highest BCUT2D eigenvalue weighted by molar-refractivity contribution is 9.10. The normalized spacial score (nSPS) is 20.4. The second-order valence-electron chi connectivity index (χ2n) is 5.19. The van der Waals surface area contributed by atoms with Gasteiger partial charge < -0.3 is 19.9 Å². The summed E-state index contributed by atoms with van der Waals surface area (Å²) in [5.74, 6) is 0.395. The minimum absolute atomic E-state index is 0. The number of carbonyl (C=O) groups is 1. The fourth-order valence-electron chi connectivity index (χ4n) is 2.16. The van der Waals surface area contributed by atoms with Gasteiger partial charge in [-0.2, -0.15) is 0 Å². The van der Waals surface area contributed by atoms with Gasteiger partial charge in [-0.25, -0.2) is 4.79 Å². The molecule has 0 aliphatic carbocycles. The van der Waals surface area contributed by atoms with Gasteiger partial charge in [0.2, 0.25) is 0 Å². The standard InChI is InChI=1S/C13H16BrNO4.ClH/c1-13(2)6-19-12(17)15-11(13)8-4-7(14)5-9(18-3)10(8)16;/h4-5,11,16H,6H2,1-3H3,(H,15,17);1H/t11-;/m0./s1. The minimum atomic E-state index is -0.484. The number of nitrogens with one attached hydrogen (secondary N) is 1. The number of cyclic esters (lactones) is 1. The van der Waals surface area contributed by atoms with E-state index in [0.717, 1.165) is 4.47 Å². The summed E-state index contributed by atoms with van der Waals surface area (Å²) < 4.78 is 10.9. The lowest BCUT2D eigenvalue weighted by Gasteiger charge is -2.38. The fourth-order valence-corrected chi connectivity index (χ4v) is 2.61. The van der Waals surface area contributed by atoms with Crippen LogP contribution in [0.25, 0.3) is 0 Å². The van der Waals surface area contributed by atoms with Gasteiger partial charge in [-0.1, -0.05) is 29.8 Å². The van der Waals surface area contributed by atoms with Crippen LogP contribution in [-0.2, 0) is 4.74 Å². The number of aromatic hydroxyl groups is 1. The van der Waals surface area contributed by atoms with Crippen LogP contribution in [0.15, 0.2) is 16.6 Å². The van der Waals surface area contributed by atoms with Gasteiger partial charge in [0, 0.05) is 15.5 Å². The van der Waals surface area contributed by atoms with Crippen molar-refractivity contribution in [3.8, 4) is 11.5 Å². The lowest BCUT2D eigenvalue weighted by molar-refractivity contribution is 0.0380. The maximum absolute atomic E-state index is 11.4. The second-order valence-corrected chi connectivity index (χ2v) is 6.10. The molecule has 0 spiro atoms. The topological polar surface area (TPSA) is 67.8 Å². The molecule has 2 rings (SSSR count). The zero-order valence-corrected chi connectivity index (χ0v) is 13.8. The maximum Gasteiger partial charge on any atom is 0.407 e.